The highest BCUT2D eigenvalue weighted by Crippen LogP contribution is 2.24. The minimum absolute atomic E-state index is 0.0840. The first-order valence-corrected chi connectivity index (χ1v) is 10.4. The molecular weight excluding hydrogens is 448 g/mol. The lowest BCUT2D eigenvalue weighted by molar-refractivity contribution is -0.131. The Hall–Kier alpha value is -3.06. The minimum Gasteiger partial charge on any atom is -0.497 e. The number of fused-ring (bicyclic) bond motifs is 1. The third-order valence-electron chi connectivity index (χ3n) is 5.14. The van der Waals surface area contributed by atoms with Crippen LogP contribution in [-0.2, 0) is 24.2 Å². The van der Waals surface area contributed by atoms with E-state index >= 15 is 0 Å². The predicted octanol–water partition coefficient (Wildman–Crippen LogP) is 4.43. The maximum Gasteiger partial charge on any atom is 0.291 e. The van der Waals surface area contributed by atoms with Gasteiger partial charge >= 0.3 is 0 Å². The second-order valence-electron chi connectivity index (χ2n) is 7.13. The Morgan fingerprint density at radius 1 is 1.10 bits per heavy atom. The van der Waals surface area contributed by atoms with Crippen molar-refractivity contribution >= 4 is 33.4 Å². The average Bonchev–Trinajstić information content (AvgIpc) is 3.20. The van der Waals surface area contributed by atoms with E-state index in [0.717, 1.165) is 23.3 Å². The first-order valence-electron chi connectivity index (χ1n) is 9.61. The molecule has 6 nitrogen and oxygen atoms in total. The van der Waals surface area contributed by atoms with Crippen LogP contribution in [0.15, 0.2) is 63.7 Å². The van der Waals surface area contributed by atoms with Gasteiger partial charge in [0.15, 0.2) is 10.4 Å². The summed E-state index contributed by atoms with van der Waals surface area (Å²) in [6, 6.07) is 16.6. The summed E-state index contributed by atoms with van der Waals surface area (Å²) in [6.07, 6.45) is 1.16. The molecule has 0 bridgehead atoms. The molecular formula is C23H21BrN2O4. The van der Waals surface area contributed by atoms with Crippen LogP contribution in [0.2, 0.25) is 0 Å². The number of halogens is 1. The molecule has 1 aliphatic rings. The fraction of sp³-hybridized carbons (Fsp3) is 0.217. The molecule has 2 aromatic carbocycles. The molecule has 2 heterocycles. The minimum atomic E-state index is -0.327. The molecule has 0 saturated heterocycles. The van der Waals surface area contributed by atoms with E-state index in [4.69, 9.17) is 9.15 Å². The Kier molecular flexibility index (Phi) is 5.90. The predicted molar refractivity (Wildman–Crippen MR) is 117 cm³/mol. The molecule has 0 radical (unpaired) electrons. The molecule has 0 unspecified atom stereocenters. The summed E-state index contributed by atoms with van der Waals surface area (Å²) in [4.78, 5) is 26.8. The van der Waals surface area contributed by atoms with Gasteiger partial charge in [-0.1, -0.05) is 18.2 Å². The second-order valence-corrected chi connectivity index (χ2v) is 7.91. The quantitative estimate of drug-likeness (QED) is 0.600. The number of carbonyl (C=O) groups excluding carboxylic acids is 2. The molecule has 1 aromatic heterocycles. The fourth-order valence-electron chi connectivity index (χ4n) is 3.49. The van der Waals surface area contributed by atoms with Gasteiger partial charge in [0.25, 0.3) is 5.91 Å². The van der Waals surface area contributed by atoms with Crippen molar-refractivity contribution in [3.05, 3.63) is 81.7 Å². The zero-order valence-corrected chi connectivity index (χ0v) is 18.1. The third-order valence-corrected chi connectivity index (χ3v) is 5.57. The number of hydrogen-bond acceptors (Lipinski definition) is 4. The van der Waals surface area contributed by atoms with Crippen molar-refractivity contribution in [3.8, 4) is 5.75 Å². The van der Waals surface area contributed by atoms with E-state index in [0.29, 0.717) is 29.9 Å². The van der Waals surface area contributed by atoms with E-state index in [1.807, 2.05) is 29.2 Å². The number of benzene rings is 2. The van der Waals surface area contributed by atoms with Gasteiger partial charge in [0.1, 0.15) is 5.75 Å². The summed E-state index contributed by atoms with van der Waals surface area (Å²) in [7, 11) is 1.65. The van der Waals surface area contributed by atoms with Gasteiger partial charge in [0, 0.05) is 18.8 Å². The zero-order valence-electron chi connectivity index (χ0n) is 16.5. The highest BCUT2D eigenvalue weighted by atomic mass is 79.9. The van der Waals surface area contributed by atoms with Gasteiger partial charge in [-0.05, 0) is 75.4 Å². The van der Waals surface area contributed by atoms with Crippen LogP contribution < -0.4 is 10.1 Å². The van der Waals surface area contributed by atoms with Crippen molar-refractivity contribution in [3.63, 3.8) is 0 Å². The molecule has 0 atom stereocenters. The van der Waals surface area contributed by atoms with Gasteiger partial charge in [-0.25, -0.2) is 0 Å². The molecule has 1 aliphatic heterocycles. The van der Waals surface area contributed by atoms with Crippen molar-refractivity contribution in [2.24, 2.45) is 0 Å². The normalized spacial score (nSPS) is 12.9. The van der Waals surface area contributed by atoms with Crippen LogP contribution in [-0.4, -0.2) is 30.4 Å². The van der Waals surface area contributed by atoms with E-state index in [9.17, 15) is 9.59 Å². The van der Waals surface area contributed by atoms with Crippen LogP contribution in [0.3, 0.4) is 0 Å². The highest BCUT2D eigenvalue weighted by Gasteiger charge is 2.21. The number of furan rings is 1. The smallest absolute Gasteiger partial charge is 0.291 e. The lowest BCUT2D eigenvalue weighted by Gasteiger charge is -2.29. The van der Waals surface area contributed by atoms with Crippen molar-refractivity contribution in [2.75, 3.05) is 19.0 Å². The monoisotopic (exact) mass is 468 g/mol. The van der Waals surface area contributed by atoms with Crippen LogP contribution in [0.4, 0.5) is 5.69 Å². The van der Waals surface area contributed by atoms with Crippen molar-refractivity contribution in [2.45, 2.75) is 19.4 Å². The van der Waals surface area contributed by atoms with Gasteiger partial charge in [-0.3, -0.25) is 9.59 Å². The topological polar surface area (TPSA) is 71.8 Å². The Balaban J connectivity index is 1.36. The zero-order chi connectivity index (χ0) is 21.1. The summed E-state index contributed by atoms with van der Waals surface area (Å²) in [5.74, 6) is 0.790. The molecule has 0 spiro atoms. The number of rotatable bonds is 5. The molecule has 7 heteroatoms. The molecule has 2 amide bonds. The summed E-state index contributed by atoms with van der Waals surface area (Å²) in [6.45, 7) is 1.31. The molecule has 0 saturated carbocycles. The van der Waals surface area contributed by atoms with Gasteiger partial charge in [-0.2, -0.15) is 0 Å². The lowest BCUT2D eigenvalue weighted by Crippen LogP contribution is -2.36. The average molecular weight is 469 g/mol. The fourth-order valence-corrected chi connectivity index (χ4v) is 3.80. The van der Waals surface area contributed by atoms with Crippen molar-refractivity contribution < 1.29 is 18.7 Å². The maximum absolute atomic E-state index is 12.8. The largest absolute Gasteiger partial charge is 0.497 e. The van der Waals surface area contributed by atoms with Crippen LogP contribution in [0.1, 0.15) is 27.2 Å². The third kappa shape index (κ3) is 4.57. The number of carbonyl (C=O) groups is 2. The number of methoxy groups -OCH3 is 1. The Morgan fingerprint density at radius 3 is 2.60 bits per heavy atom. The number of hydrogen-bond donors (Lipinski definition) is 1. The van der Waals surface area contributed by atoms with Gasteiger partial charge in [0.2, 0.25) is 5.91 Å². The standard InChI is InChI=1S/C23H21BrN2O4/c1-29-19-7-4-16-10-11-26(14-17(16)13-19)22(27)12-15-2-5-18(6-3-15)25-23(28)20-8-9-21(24)30-20/h2-9,13H,10-12,14H2,1H3,(H,25,28). The van der Waals surface area contributed by atoms with Crippen molar-refractivity contribution in [1.29, 1.82) is 0 Å². The Morgan fingerprint density at radius 2 is 1.90 bits per heavy atom. The van der Waals surface area contributed by atoms with Crippen LogP contribution in [0.25, 0.3) is 0 Å². The van der Waals surface area contributed by atoms with Gasteiger partial charge in [0.05, 0.1) is 13.5 Å². The summed E-state index contributed by atoms with van der Waals surface area (Å²) in [5, 5.41) is 2.78. The SMILES string of the molecule is COc1ccc2c(c1)CN(C(=O)Cc1ccc(NC(=O)c3ccc(Br)o3)cc1)CC2. The molecule has 154 valence electrons. The van der Waals surface area contributed by atoms with Crippen LogP contribution >= 0.6 is 15.9 Å². The van der Waals surface area contributed by atoms with E-state index in [-0.39, 0.29) is 17.6 Å². The highest BCUT2D eigenvalue weighted by molar-refractivity contribution is 9.10. The van der Waals surface area contributed by atoms with Gasteiger partial charge in [-0.15, -0.1) is 0 Å². The first kappa shape index (κ1) is 20.2. The van der Waals surface area contributed by atoms with Crippen LogP contribution in [0.5, 0.6) is 5.75 Å². The van der Waals surface area contributed by atoms with Crippen LogP contribution in [0, 0.1) is 0 Å². The second kappa shape index (κ2) is 8.75. The van der Waals surface area contributed by atoms with E-state index < -0.39 is 0 Å². The molecule has 0 fully saturated rings. The molecule has 1 N–H and O–H groups in total. The van der Waals surface area contributed by atoms with E-state index in [2.05, 4.69) is 27.3 Å². The number of nitrogens with one attached hydrogen (secondary N) is 1. The molecule has 4 rings (SSSR count). The molecule has 0 aliphatic carbocycles. The first-order chi connectivity index (χ1) is 14.5. The molecule has 30 heavy (non-hydrogen) atoms. The number of ether oxygens (including phenoxy) is 1. The lowest BCUT2D eigenvalue weighted by atomic mass is 9.99. The Bertz CT molecular complexity index is 1080. The van der Waals surface area contributed by atoms with E-state index in [1.54, 1.807) is 31.4 Å². The van der Waals surface area contributed by atoms with E-state index in [1.165, 1.54) is 5.56 Å². The summed E-state index contributed by atoms with van der Waals surface area (Å²) < 4.78 is 11.0. The number of anilines is 1. The number of amides is 2. The van der Waals surface area contributed by atoms with Gasteiger partial charge < -0.3 is 19.4 Å². The summed E-state index contributed by atoms with van der Waals surface area (Å²) >= 11 is 3.18. The Labute approximate surface area is 183 Å². The number of nitrogens with zero attached hydrogens (tertiary/aromatic N) is 1. The van der Waals surface area contributed by atoms with Crippen molar-refractivity contribution in [1.82, 2.24) is 4.90 Å². The summed E-state index contributed by atoms with van der Waals surface area (Å²) in [5.41, 5.74) is 3.94. The maximum atomic E-state index is 12.8. The molecule has 3 aromatic rings.